The van der Waals surface area contributed by atoms with E-state index in [-0.39, 0.29) is 16.9 Å². The van der Waals surface area contributed by atoms with Crippen molar-refractivity contribution in [1.82, 2.24) is 4.98 Å². The van der Waals surface area contributed by atoms with Crippen LogP contribution in [0.4, 0.5) is 17.2 Å². The van der Waals surface area contributed by atoms with E-state index in [0.717, 1.165) is 0 Å². The van der Waals surface area contributed by atoms with Crippen molar-refractivity contribution in [3.05, 3.63) is 93.7 Å². The number of benzene rings is 2. The van der Waals surface area contributed by atoms with Gasteiger partial charge in [-0.05, 0) is 30.7 Å². The Kier molecular flexibility index (Phi) is 7.32. The second-order valence-electron chi connectivity index (χ2n) is 7.97. The fraction of sp³-hybridized carbons (Fsp3) is 0.240. The first-order valence-electron chi connectivity index (χ1n) is 11.0. The highest BCUT2D eigenvalue weighted by atomic mass is 16.6. The van der Waals surface area contributed by atoms with E-state index in [0.29, 0.717) is 43.2 Å². The van der Waals surface area contributed by atoms with Crippen molar-refractivity contribution in [2.75, 3.05) is 36.5 Å². The molecule has 1 unspecified atom stereocenters. The van der Waals surface area contributed by atoms with E-state index in [1.807, 2.05) is 4.90 Å². The molecule has 1 fully saturated rings. The van der Waals surface area contributed by atoms with Gasteiger partial charge in [0.15, 0.2) is 0 Å². The number of ether oxygens (including phenoxy) is 2. The number of nitrogens with zero attached hydrogens (tertiary/aromatic N) is 3. The van der Waals surface area contributed by atoms with Gasteiger partial charge < -0.3 is 19.7 Å². The first kappa shape index (κ1) is 23.8. The van der Waals surface area contributed by atoms with Gasteiger partial charge in [-0.15, -0.1) is 0 Å². The lowest BCUT2D eigenvalue weighted by molar-refractivity contribution is -0.384. The molecule has 1 saturated heterocycles. The minimum absolute atomic E-state index is 0.0131. The van der Waals surface area contributed by atoms with E-state index in [1.165, 1.54) is 18.3 Å². The topological polar surface area (TPSA) is 124 Å². The summed E-state index contributed by atoms with van der Waals surface area (Å²) in [5.74, 6) is -0.739. The number of amides is 1. The summed E-state index contributed by atoms with van der Waals surface area (Å²) >= 11 is 0. The zero-order valence-corrected chi connectivity index (χ0v) is 19.0. The second kappa shape index (κ2) is 10.7. The largest absolute Gasteiger partial charge is 0.444 e. The molecule has 180 valence electrons. The Morgan fingerprint density at radius 2 is 1.86 bits per heavy atom. The van der Waals surface area contributed by atoms with Crippen LogP contribution in [0, 0.1) is 17.0 Å². The van der Waals surface area contributed by atoms with Crippen LogP contribution in [0.1, 0.15) is 27.6 Å². The number of pyridine rings is 1. The predicted octanol–water partition coefficient (Wildman–Crippen LogP) is 3.67. The molecule has 35 heavy (non-hydrogen) atoms. The molecule has 1 N–H and O–H groups in total. The number of hydrogen-bond donors (Lipinski definition) is 1. The average molecular weight is 476 g/mol. The van der Waals surface area contributed by atoms with Crippen molar-refractivity contribution < 1.29 is 24.0 Å². The fourth-order valence-corrected chi connectivity index (χ4v) is 3.66. The third-order valence-electron chi connectivity index (χ3n) is 5.49. The van der Waals surface area contributed by atoms with Crippen LogP contribution in [0.15, 0.2) is 66.9 Å². The van der Waals surface area contributed by atoms with Crippen molar-refractivity contribution >= 4 is 29.1 Å². The SMILES string of the molecule is Cc1ccc(NC(=O)C(OC(=O)c2ccc(N3CCOCC3)nc2)c2ccccc2)c([N+](=O)[O-])c1. The van der Waals surface area contributed by atoms with Crippen LogP contribution >= 0.6 is 0 Å². The van der Waals surface area contributed by atoms with Crippen LogP contribution in [0.2, 0.25) is 0 Å². The summed E-state index contributed by atoms with van der Waals surface area (Å²) in [5, 5.41) is 14.0. The lowest BCUT2D eigenvalue weighted by Crippen LogP contribution is -2.36. The number of aromatic nitrogens is 1. The molecule has 0 saturated carbocycles. The number of carbonyl (C=O) groups is 2. The number of morpholine rings is 1. The highest BCUT2D eigenvalue weighted by molar-refractivity contribution is 5.99. The molecule has 1 aromatic heterocycles. The van der Waals surface area contributed by atoms with Crippen LogP contribution in [0.3, 0.4) is 0 Å². The Bertz CT molecular complexity index is 1210. The molecule has 1 amide bonds. The number of hydrogen-bond acceptors (Lipinski definition) is 8. The van der Waals surface area contributed by atoms with E-state index in [2.05, 4.69) is 10.3 Å². The Balaban J connectivity index is 1.54. The average Bonchev–Trinajstić information content (AvgIpc) is 2.89. The van der Waals surface area contributed by atoms with Crippen molar-refractivity contribution in [3.63, 3.8) is 0 Å². The van der Waals surface area contributed by atoms with Crippen LogP contribution in [0.25, 0.3) is 0 Å². The molecule has 10 heteroatoms. The summed E-state index contributed by atoms with van der Waals surface area (Å²) in [6.45, 7) is 4.35. The number of aryl methyl sites for hydroxylation is 1. The number of nitrogens with one attached hydrogen (secondary N) is 1. The summed E-state index contributed by atoms with van der Waals surface area (Å²) in [6.07, 6.45) is 0.0706. The molecule has 1 aliphatic rings. The van der Waals surface area contributed by atoms with Gasteiger partial charge in [0.2, 0.25) is 6.10 Å². The Morgan fingerprint density at radius 1 is 1.11 bits per heavy atom. The Morgan fingerprint density at radius 3 is 2.51 bits per heavy atom. The van der Waals surface area contributed by atoms with Crippen LogP contribution in [-0.4, -0.2) is 48.1 Å². The van der Waals surface area contributed by atoms with Gasteiger partial charge in [-0.25, -0.2) is 9.78 Å². The van der Waals surface area contributed by atoms with Gasteiger partial charge in [-0.1, -0.05) is 36.4 Å². The zero-order valence-electron chi connectivity index (χ0n) is 19.0. The quantitative estimate of drug-likeness (QED) is 0.311. The molecule has 2 aromatic carbocycles. The summed E-state index contributed by atoms with van der Waals surface area (Å²) in [6, 6.07) is 16.2. The monoisotopic (exact) mass is 476 g/mol. The third kappa shape index (κ3) is 5.79. The fourth-order valence-electron chi connectivity index (χ4n) is 3.66. The lowest BCUT2D eigenvalue weighted by Gasteiger charge is -2.27. The Hall–Kier alpha value is -4.31. The maximum Gasteiger partial charge on any atom is 0.340 e. The standard InChI is InChI=1S/C25H24N4O6/c1-17-7-9-20(21(15-17)29(32)33)27-24(30)23(18-5-3-2-4-6-18)35-25(31)19-8-10-22(26-16-19)28-11-13-34-14-12-28/h2-10,15-16,23H,11-14H2,1H3,(H,27,30). The number of rotatable bonds is 7. The van der Waals surface area contributed by atoms with Gasteiger partial charge in [0.05, 0.1) is 23.7 Å². The summed E-state index contributed by atoms with van der Waals surface area (Å²) in [4.78, 5) is 43.3. The molecule has 0 radical (unpaired) electrons. The first-order valence-corrected chi connectivity index (χ1v) is 11.0. The highest BCUT2D eigenvalue weighted by Gasteiger charge is 2.28. The molecule has 0 aliphatic carbocycles. The number of carbonyl (C=O) groups excluding carboxylic acids is 2. The molecular formula is C25H24N4O6. The molecule has 0 bridgehead atoms. The number of nitro benzene ring substituents is 1. The van der Waals surface area contributed by atoms with E-state index < -0.39 is 22.9 Å². The molecule has 1 aliphatic heterocycles. The smallest absolute Gasteiger partial charge is 0.340 e. The maximum absolute atomic E-state index is 13.2. The minimum atomic E-state index is -1.33. The second-order valence-corrected chi connectivity index (χ2v) is 7.97. The molecule has 0 spiro atoms. The minimum Gasteiger partial charge on any atom is -0.444 e. The maximum atomic E-state index is 13.2. The van der Waals surface area contributed by atoms with Gasteiger partial charge in [0.25, 0.3) is 11.6 Å². The lowest BCUT2D eigenvalue weighted by atomic mass is 10.1. The normalized spacial score (nSPS) is 14.1. The molecular weight excluding hydrogens is 452 g/mol. The van der Waals surface area contributed by atoms with Crippen molar-refractivity contribution in [2.45, 2.75) is 13.0 Å². The van der Waals surface area contributed by atoms with Crippen molar-refractivity contribution in [1.29, 1.82) is 0 Å². The van der Waals surface area contributed by atoms with E-state index in [9.17, 15) is 19.7 Å². The summed E-state index contributed by atoms with van der Waals surface area (Å²) in [5.41, 5.74) is 1.04. The van der Waals surface area contributed by atoms with E-state index in [1.54, 1.807) is 55.5 Å². The van der Waals surface area contributed by atoms with E-state index in [4.69, 9.17) is 9.47 Å². The number of nitro groups is 1. The van der Waals surface area contributed by atoms with Crippen molar-refractivity contribution in [2.24, 2.45) is 0 Å². The van der Waals surface area contributed by atoms with Crippen LogP contribution in [0.5, 0.6) is 0 Å². The molecule has 10 nitrogen and oxygen atoms in total. The number of esters is 1. The van der Waals surface area contributed by atoms with Gasteiger partial charge in [0, 0.05) is 30.9 Å². The predicted molar refractivity (Wildman–Crippen MR) is 128 cm³/mol. The molecule has 2 heterocycles. The van der Waals surface area contributed by atoms with Gasteiger partial charge in [-0.2, -0.15) is 0 Å². The molecule has 1 atom stereocenters. The highest BCUT2D eigenvalue weighted by Crippen LogP contribution is 2.28. The van der Waals surface area contributed by atoms with Crippen LogP contribution in [-0.2, 0) is 14.3 Å². The molecule has 4 rings (SSSR count). The zero-order chi connectivity index (χ0) is 24.8. The first-order chi connectivity index (χ1) is 16.9. The van der Waals surface area contributed by atoms with Gasteiger partial charge in [-0.3, -0.25) is 14.9 Å². The van der Waals surface area contributed by atoms with Gasteiger partial charge in [0.1, 0.15) is 11.5 Å². The van der Waals surface area contributed by atoms with E-state index >= 15 is 0 Å². The molecule has 3 aromatic rings. The van der Waals surface area contributed by atoms with Gasteiger partial charge >= 0.3 is 5.97 Å². The van der Waals surface area contributed by atoms with Crippen molar-refractivity contribution in [3.8, 4) is 0 Å². The third-order valence-corrected chi connectivity index (χ3v) is 5.49. The Labute approximate surface area is 201 Å². The summed E-state index contributed by atoms with van der Waals surface area (Å²) < 4.78 is 10.9. The number of anilines is 2. The van der Waals surface area contributed by atoms with Crippen LogP contribution < -0.4 is 10.2 Å². The summed E-state index contributed by atoms with van der Waals surface area (Å²) in [7, 11) is 0.